The molecule has 2 heterocycles. The van der Waals surface area contributed by atoms with E-state index in [1.807, 2.05) is 0 Å². The monoisotopic (exact) mass is 196 g/mol. The molecule has 0 unspecified atom stereocenters. The highest BCUT2D eigenvalue weighted by atomic mass is 19.1. The van der Waals surface area contributed by atoms with Crippen molar-refractivity contribution in [1.29, 1.82) is 0 Å². The third-order valence-electron chi connectivity index (χ3n) is 2.62. The quantitative estimate of drug-likeness (QED) is 0.774. The van der Waals surface area contributed by atoms with Crippen LogP contribution in [0.15, 0.2) is 18.5 Å². The van der Waals surface area contributed by atoms with E-state index in [2.05, 4.69) is 10.3 Å². The van der Waals surface area contributed by atoms with E-state index in [0.717, 1.165) is 18.7 Å². The van der Waals surface area contributed by atoms with Gasteiger partial charge in [0.05, 0.1) is 11.8 Å². The van der Waals surface area contributed by atoms with Gasteiger partial charge >= 0.3 is 0 Å². The zero-order valence-electron chi connectivity index (χ0n) is 8.09. The Morgan fingerprint density at radius 2 is 2.36 bits per heavy atom. The Morgan fingerprint density at radius 3 is 2.86 bits per heavy atom. The maximum absolute atomic E-state index is 12.8. The fourth-order valence-corrected chi connectivity index (χ4v) is 1.67. The minimum Gasteiger partial charge on any atom is -0.375 e. The van der Waals surface area contributed by atoms with E-state index in [0.29, 0.717) is 6.42 Å². The molecule has 4 heteroatoms. The normalized spacial score (nSPS) is 19.0. The average Bonchev–Trinajstić information content (AvgIpc) is 2.11. The molecule has 0 atom stereocenters. The van der Waals surface area contributed by atoms with Gasteiger partial charge in [-0.2, -0.15) is 0 Å². The Labute approximate surface area is 82.3 Å². The summed E-state index contributed by atoms with van der Waals surface area (Å²) in [5.41, 5.74) is 0.725. The molecule has 1 aliphatic heterocycles. The molecule has 0 aromatic carbocycles. The molecule has 1 aromatic heterocycles. The summed E-state index contributed by atoms with van der Waals surface area (Å²) < 4.78 is 18.3. The molecule has 1 aromatic rings. The second kappa shape index (κ2) is 3.63. The van der Waals surface area contributed by atoms with Crippen molar-refractivity contribution >= 4 is 0 Å². The summed E-state index contributed by atoms with van der Waals surface area (Å²) in [5.74, 6) is -0.291. The molecule has 1 N–H and O–H groups in total. The number of methoxy groups -OCH3 is 1. The average molecular weight is 196 g/mol. The fraction of sp³-hybridized carbons (Fsp3) is 0.500. The molecule has 0 amide bonds. The number of pyridine rings is 1. The predicted octanol–water partition coefficient (Wildman–Crippen LogP) is 0.752. The van der Waals surface area contributed by atoms with Crippen molar-refractivity contribution in [3.63, 3.8) is 0 Å². The molecule has 2 rings (SSSR count). The standard InChI is InChI=1S/C10H13FN2O/c1-14-10(6-13-7-10)3-8-2-9(11)5-12-4-8/h2,4-5,13H,3,6-7H2,1H3. The number of hydrogen-bond donors (Lipinski definition) is 1. The van der Waals surface area contributed by atoms with Crippen LogP contribution in [-0.4, -0.2) is 30.8 Å². The van der Waals surface area contributed by atoms with Crippen LogP contribution in [-0.2, 0) is 11.2 Å². The van der Waals surface area contributed by atoms with E-state index >= 15 is 0 Å². The van der Waals surface area contributed by atoms with Crippen molar-refractivity contribution in [3.8, 4) is 0 Å². The molecule has 1 fully saturated rings. The van der Waals surface area contributed by atoms with Gasteiger partial charge in [-0.1, -0.05) is 0 Å². The molecule has 76 valence electrons. The highest BCUT2D eigenvalue weighted by Crippen LogP contribution is 2.21. The van der Waals surface area contributed by atoms with Crippen molar-refractivity contribution < 1.29 is 9.13 Å². The first kappa shape index (κ1) is 9.55. The van der Waals surface area contributed by atoms with Crippen molar-refractivity contribution in [2.45, 2.75) is 12.0 Å². The van der Waals surface area contributed by atoms with Crippen LogP contribution >= 0.6 is 0 Å². The van der Waals surface area contributed by atoms with Gasteiger partial charge in [0.1, 0.15) is 5.82 Å². The van der Waals surface area contributed by atoms with Gasteiger partial charge in [-0.05, 0) is 11.6 Å². The molecule has 1 aliphatic rings. The molecule has 1 saturated heterocycles. The zero-order valence-corrected chi connectivity index (χ0v) is 8.09. The van der Waals surface area contributed by atoms with E-state index in [1.54, 1.807) is 13.3 Å². The Bertz CT molecular complexity index is 320. The lowest BCUT2D eigenvalue weighted by molar-refractivity contribution is -0.0503. The Morgan fingerprint density at radius 1 is 1.57 bits per heavy atom. The van der Waals surface area contributed by atoms with Gasteiger partial charge in [0.2, 0.25) is 0 Å². The largest absolute Gasteiger partial charge is 0.375 e. The molecule has 0 spiro atoms. The third-order valence-corrected chi connectivity index (χ3v) is 2.62. The second-order valence-corrected chi connectivity index (χ2v) is 3.68. The van der Waals surface area contributed by atoms with Gasteiger partial charge in [-0.15, -0.1) is 0 Å². The minimum atomic E-state index is -0.291. The maximum Gasteiger partial charge on any atom is 0.141 e. The first-order chi connectivity index (χ1) is 6.74. The smallest absolute Gasteiger partial charge is 0.141 e. The third kappa shape index (κ3) is 1.76. The van der Waals surface area contributed by atoms with Crippen LogP contribution in [0.3, 0.4) is 0 Å². The maximum atomic E-state index is 12.8. The van der Waals surface area contributed by atoms with Crippen LogP contribution in [0, 0.1) is 5.82 Å². The summed E-state index contributed by atoms with van der Waals surface area (Å²) in [6.45, 7) is 1.64. The lowest BCUT2D eigenvalue weighted by Crippen LogP contribution is -2.61. The van der Waals surface area contributed by atoms with Crippen LogP contribution in [0.25, 0.3) is 0 Å². The number of rotatable bonds is 3. The molecule has 0 bridgehead atoms. The summed E-state index contributed by atoms with van der Waals surface area (Å²) in [4.78, 5) is 3.81. The minimum absolute atomic E-state index is 0.157. The summed E-state index contributed by atoms with van der Waals surface area (Å²) in [6, 6.07) is 1.51. The molecule has 14 heavy (non-hydrogen) atoms. The molecule has 0 radical (unpaired) electrons. The Balaban J connectivity index is 2.09. The van der Waals surface area contributed by atoms with E-state index < -0.39 is 0 Å². The number of nitrogens with one attached hydrogen (secondary N) is 1. The Hall–Kier alpha value is -1.00. The number of ether oxygens (including phenoxy) is 1. The number of aromatic nitrogens is 1. The summed E-state index contributed by atoms with van der Waals surface area (Å²) >= 11 is 0. The van der Waals surface area contributed by atoms with Gasteiger partial charge in [-0.25, -0.2) is 4.39 Å². The highest BCUT2D eigenvalue weighted by molar-refractivity contribution is 5.15. The van der Waals surface area contributed by atoms with Crippen molar-refractivity contribution in [2.24, 2.45) is 0 Å². The summed E-state index contributed by atoms with van der Waals surface area (Å²) in [6.07, 6.45) is 3.60. The Kier molecular flexibility index (Phi) is 2.48. The molecule has 0 aliphatic carbocycles. The molecule has 3 nitrogen and oxygen atoms in total. The van der Waals surface area contributed by atoms with Crippen LogP contribution < -0.4 is 5.32 Å². The van der Waals surface area contributed by atoms with Crippen molar-refractivity contribution in [2.75, 3.05) is 20.2 Å². The van der Waals surface area contributed by atoms with Gasteiger partial charge in [0.15, 0.2) is 0 Å². The van der Waals surface area contributed by atoms with Crippen molar-refractivity contribution in [1.82, 2.24) is 10.3 Å². The lowest BCUT2D eigenvalue weighted by Gasteiger charge is -2.41. The SMILES string of the molecule is COC1(Cc2cncc(F)c2)CNC1. The summed E-state index contributed by atoms with van der Waals surface area (Å²) in [7, 11) is 1.69. The molecule has 0 saturated carbocycles. The highest BCUT2D eigenvalue weighted by Gasteiger charge is 2.36. The van der Waals surface area contributed by atoms with Crippen LogP contribution in [0.1, 0.15) is 5.56 Å². The number of hydrogen-bond acceptors (Lipinski definition) is 3. The molecular weight excluding hydrogens is 183 g/mol. The fourth-order valence-electron chi connectivity index (χ4n) is 1.67. The number of nitrogens with zero attached hydrogens (tertiary/aromatic N) is 1. The van der Waals surface area contributed by atoms with E-state index in [1.165, 1.54) is 12.3 Å². The second-order valence-electron chi connectivity index (χ2n) is 3.68. The van der Waals surface area contributed by atoms with Crippen LogP contribution in [0.4, 0.5) is 4.39 Å². The predicted molar refractivity (Wildman–Crippen MR) is 50.5 cm³/mol. The van der Waals surface area contributed by atoms with E-state index in [9.17, 15) is 4.39 Å². The lowest BCUT2D eigenvalue weighted by atomic mass is 9.89. The molecular formula is C10H13FN2O. The number of halogens is 1. The first-order valence-corrected chi connectivity index (χ1v) is 4.59. The van der Waals surface area contributed by atoms with Crippen LogP contribution in [0.5, 0.6) is 0 Å². The van der Waals surface area contributed by atoms with Gasteiger partial charge in [0.25, 0.3) is 0 Å². The van der Waals surface area contributed by atoms with E-state index in [-0.39, 0.29) is 11.4 Å². The van der Waals surface area contributed by atoms with Gasteiger partial charge in [0, 0.05) is 32.8 Å². The van der Waals surface area contributed by atoms with E-state index in [4.69, 9.17) is 4.74 Å². The summed E-state index contributed by atoms with van der Waals surface area (Å²) in [5, 5.41) is 3.15. The topological polar surface area (TPSA) is 34.1 Å². The van der Waals surface area contributed by atoms with Crippen LogP contribution in [0.2, 0.25) is 0 Å². The van der Waals surface area contributed by atoms with Gasteiger partial charge in [-0.3, -0.25) is 4.98 Å². The zero-order chi connectivity index (χ0) is 10.0. The van der Waals surface area contributed by atoms with Gasteiger partial charge < -0.3 is 10.1 Å². The first-order valence-electron chi connectivity index (χ1n) is 4.59. The van der Waals surface area contributed by atoms with Crippen molar-refractivity contribution in [3.05, 3.63) is 29.8 Å².